The zero-order valence-corrected chi connectivity index (χ0v) is 14.3. The highest BCUT2D eigenvalue weighted by Gasteiger charge is 2.29. The van der Waals surface area contributed by atoms with Gasteiger partial charge in [0.1, 0.15) is 0 Å². The highest BCUT2D eigenvalue weighted by molar-refractivity contribution is 5.56. The van der Waals surface area contributed by atoms with Crippen LogP contribution in [0.1, 0.15) is 34.6 Å². The first-order valence-electron chi connectivity index (χ1n) is 8.29. The maximum atomic E-state index is 3.66. The van der Waals surface area contributed by atoms with Crippen molar-refractivity contribution in [2.75, 3.05) is 42.5 Å². The first-order chi connectivity index (χ1) is 9.95. The van der Waals surface area contributed by atoms with Crippen molar-refractivity contribution in [1.29, 1.82) is 0 Å². The summed E-state index contributed by atoms with van der Waals surface area (Å²) in [5.74, 6) is 0. The van der Waals surface area contributed by atoms with Crippen LogP contribution in [0, 0.1) is 5.41 Å². The second-order valence-corrected chi connectivity index (χ2v) is 7.01. The monoisotopic (exact) mass is 289 g/mol. The number of rotatable bonds is 4. The van der Waals surface area contributed by atoms with Gasteiger partial charge in [-0.05, 0) is 43.5 Å². The zero-order valence-electron chi connectivity index (χ0n) is 14.3. The molecule has 0 amide bonds. The fourth-order valence-electron chi connectivity index (χ4n) is 3.03. The Hall–Kier alpha value is -1.22. The van der Waals surface area contributed by atoms with Crippen molar-refractivity contribution in [3.63, 3.8) is 0 Å². The Labute approximate surface area is 130 Å². The molecule has 1 heterocycles. The van der Waals surface area contributed by atoms with Gasteiger partial charge in [0.05, 0.1) is 0 Å². The predicted molar refractivity (Wildman–Crippen MR) is 93.5 cm³/mol. The van der Waals surface area contributed by atoms with E-state index in [0.29, 0.717) is 11.5 Å². The molecule has 1 N–H and O–H groups in total. The van der Waals surface area contributed by atoms with Crippen LogP contribution in [-0.4, -0.2) is 38.8 Å². The van der Waals surface area contributed by atoms with Crippen LogP contribution in [0.2, 0.25) is 0 Å². The maximum Gasteiger partial charge on any atom is 0.0368 e. The smallest absolute Gasteiger partial charge is 0.0368 e. The third-order valence-electron chi connectivity index (χ3n) is 4.56. The van der Waals surface area contributed by atoms with E-state index in [-0.39, 0.29) is 0 Å². The second kappa shape index (κ2) is 6.69. The van der Waals surface area contributed by atoms with Gasteiger partial charge in [0.2, 0.25) is 0 Å². The molecule has 1 aliphatic rings. The number of piperazine rings is 1. The second-order valence-electron chi connectivity index (χ2n) is 7.01. The quantitative estimate of drug-likeness (QED) is 0.917. The lowest BCUT2D eigenvalue weighted by atomic mass is 9.85. The van der Waals surface area contributed by atoms with Crippen molar-refractivity contribution in [3.05, 3.63) is 24.3 Å². The molecule has 0 aliphatic carbocycles. The summed E-state index contributed by atoms with van der Waals surface area (Å²) in [7, 11) is 0. The van der Waals surface area contributed by atoms with Crippen LogP contribution in [0.3, 0.4) is 0 Å². The summed E-state index contributed by atoms with van der Waals surface area (Å²) in [4.78, 5) is 4.90. The zero-order chi connectivity index (χ0) is 15.5. The highest BCUT2D eigenvalue weighted by Crippen LogP contribution is 2.26. The van der Waals surface area contributed by atoms with Gasteiger partial charge in [0, 0.05) is 50.1 Å². The Balaban J connectivity index is 2.08. The maximum absolute atomic E-state index is 3.66. The molecule has 0 spiro atoms. The van der Waals surface area contributed by atoms with Gasteiger partial charge in [-0.25, -0.2) is 0 Å². The fraction of sp³-hybridized carbons (Fsp3) is 0.667. The van der Waals surface area contributed by atoms with Crippen molar-refractivity contribution in [2.45, 2.75) is 40.7 Å². The molecule has 3 nitrogen and oxygen atoms in total. The fourth-order valence-corrected chi connectivity index (χ4v) is 3.03. The molecular formula is C18H31N3. The van der Waals surface area contributed by atoms with Crippen molar-refractivity contribution in [1.82, 2.24) is 5.32 Å². The van der Waals surface area contributed by atoms with E-state index < -0.39 is 0 Å². The highest BCUT2D eigenvalue weighted by atomic mass is 15.2. The van der Waals surface area contributed by atoms with E-state index in [4.69, 9.17) is 0 Å². The molecule has 0 bridgehead atoms. The first-order valence-corrected chi connectivity index (χ1v) is 8.29. The Morgan fingerprint density at radius 2 is 1.76 bits per heavy atom. The van der Waals surface area contributed by atoms with Crippen LogP contribution < -0.4 is 15.1 Å². The van der Waals surface area contributed by atoms with E-state index >= 15 is 0 Å². The molecule has 118 valence electrons. The standard InChI is InChI=1S/C18H31N3/c1-6-20(7-2)15-8-10-16(11-9-15)21-13-12-19-17(14-21)18(3,4)5/h8-11,17,19H,6-7,12-14H2,1-5H3. The number of nitrogens with one attached hydrogen (secondary N) is 1. The number of nitrogens with zero attached hydrogens (tertiary/aromatic N) is 2. The van der Waals surface area contributed by atoms with E-state index in [9.17, 15) is 0 Å². The van der Waals surface area contributed by atoms with Gasteiger partial charge in [-0.15, -0.1) is 0 Å². The molecule has 1 fully saturated rings. The van der Waals surface area contributed by atoms with Crippen molar-refractivity contribution < 1.29 is 0 Å². The van der Waals surface area contributed by atoms with E-state index in [1.54, 1.807) is 0 Å². The summed E-state index contributed by atoms with van der Waals surface area (Å²) >= 11 is 0. The molecule has 1 atom stereocenters. The summed E-state index contributed by atoms with van der Waals surface area (Å²) in [6.07, 6.45) is 0. The van der Waals surface area contributed by atoms with Gasteiger partial charge in [-0.1, -0.05) is 20.8 Å². The lowest BCUT2D eigenvalue weighted by Crippen LogP contribution is -2.56. The SMILES string of the molecule is CCN(CC)c1ccc(N2CCNC(C(C)(C)C)C2)cc1. The molecule has 0 aromatic heterocycles. The van der Waals surface area contributed by atoms with Crippen LogP contribution in [-0.2, 0) is 0 Å². The summed E-state index contributed by atoms with van der Waals surface area (Å²) < 4.78 is 0. The lowest BCUT2D eigenvalue weighted by Gasteiger charge is -2.41. The van der Waals surface area contributed by atoms with Crippen LogP contribution in [0.25, 0.3) is 0 Å². The van der Waals surface area contributed by atoms with Gasteiger partial charge in [0.25, 0.3) is 0 Å². The number of hydrogen-bond donors (Lipinski definition) is 1. The van der Waals surface area contributed by atoms with E-state index in [1.165, 1.54) is 11.4 Å². The van der Waals surface area contributed by atoms with Gasteiger partial charge in [0.15, 0.2) is 0 Å². The Bertz CT molecular complexity index is 429. The molecular weight excluding hydrogens is 258 g/mol. The normalized spacial score (nSPS) is 19.7. The first kappa shape index (κ1) is 16.2. The average molecular weight is 289 g/mol. The molecule has 1 aliphatic heterocycles. The minimum atomic E-state index is 0.305. The van der Waals surface area contributed by atoms with Crippen molar-refractivity contribution >= 4 is 11.4 Å². The van der Waals surface area contributed by atoms with Crippen LogP contribution in [0.15, 0.2) is 24.3 Å². The Kier molecular flexibility index (Phi) is 5.15. The summed E-state index contributed by atoms with van der Waals surface area (Å²) in [5, 5.41) is 3.66. The molecule has 1 unspecified atom stereocenters. The topological polar surface area (TPSA) is 18.5 Å². The third kappa shape index (κ3) is 3.91. The van der Waals surface area contributed by atoms with Crippen molar-refractivity contribution in [2.24, 2.45) is 5.41 Å². The van der Waals surface area contributed by atoms with Gasteiger partial charge >= 0.3 is 0 Å². The summed E-state index contributed by atoms with van der Waals surface area (Å²) in [5.41, 5.74) is 2.98. The third-order valence-corrected chi connectivity index (χ3v) is 4.56. The number of benzene rings is 1. The van der Waals surface area contributed by atoms with E-state index in [0.717, 1.165) is 32.7 Å². The average Bonchev–Trinajstić information content (AvgIpc) is 2.48. The molecule has 1 saturated heterocycles. The largest absolute Gasteiger partial charge is 0.372 e. The minimum Gasteiger partial charge on any atom is -0.372 e. The van der Waals surface area contributed by atoms with E-state index in [1.807, 2.05) is 0 Å². The molecule has 2 rings (SSSR count). The number of anilines is 2. The van der Waals surface area contributed by atoms with Crippen LogP contribution >= 0.6 is 0 Å². The van der Waals surface area contributed by atoms with Gasteiger partial charge < -0.3 is 15.1 Å². The minimum absolute atomic E-state index is 0.305. The van der Waals surface area contributed by atoms with E-state index in [2.05, 4.69) is 74.0 Å². The van der Waals surface area contributed by atoms with Gasteiger partial charge in [-0.2, -0.15) is 0 Å². The molecule has 21 heavy (non-hydrogen) atoms. The number of hydrogen-bond acceptors (Lipinski definition) is 3. The molecule has 3 heteroatoms. The lowest BCUT2D eigenvalue weighted by molar-refractivity contribution is 0.254. The van der Waals surface area contributed by atoms with Crippen LogP contribution in [0.5, 0.6) is 0 Å². The van der Waals surface area contributed by atoms with Gasteiger partial charge in [-0.3, -0.25) is 0 Å². The Morgan fingerprint density at radius 1 is 1.14 bits per heavy atom. The summed E-state index contributed by atoms with van der Waals surface area (Å²) in [6.45, 7) is 16.8. The summed E-state index contributed by atoms with van der Waals surface area (Å²) in [6, 6.07) is 9.62. The van der Waals surface area contributed by atoms with Crippen molar-refractivity contribution in [3.8, 4) is 0 Å². The molecule has 0 saturated carbocycles. The molecule has 0 radical (unpaired) electrons. The molecule has 1 aromatic rings. The van der Waals surface area contributed by atoms with Crippen LogP contribution in [0.4, 0.5) is 11.4 Å². The predicted octanol–water partition coefficient (Wildman–Crippen LogP) is 3.36. The molecule has 1 aromatic carbocycles. The Morgan fingerprint density at radius 3 is 2.29 bits per heavy atom.